The lowest BCUT2D eigenvalue weighted by atomic mass is 10.1. The summed E-state index contributed by atoms with van der Waals surface area (Å²) < 4.78 is 12.9. The second kappa shape index (κ2) is 8.12. The molecule has 1 aromatic rings. The molecule has 2 heterocycles. The molecule has 0 spiro atoms. The van der Waals surface area contributed by atoms with Gasteiger partial charge in [-0.15, -0.1) is 0 Å². The zero-order valence-electron chi connectivity index (χ0n) is 14.0. The van der Waals surface area contributed by atoms with Crippen LogP contribution >= 0.6 is 11.8 Å². The van der Waals surface area contributed by atoms with Crippen LogP contribution < -0.4 is 10.7 Å². The molecule has 10 heteroatoms. The Labute approximate surface area is 157 Å². The average molecular weight is 390 g/mol. The van der Waals surface area contributed by atoms with E-state index in [1.165, 1.54) is 30.3 Å². The summed E-state index contributed by atoms with van der Waals surface area (Å²) in [6, 6.07) is 5.55. The number of halogens is 1. The van der Waals surface area contributed by atoms with Gasteiger partial charge in [-0.25, -0.2) is 9.82 Å². The van der Waals surface area contributed by atoms with Gasteiger partial charge in [0.1, 0.15) is 11.5 Å². The zero-order valence-corrected chi connectivity index (χ0v) is 14.8. The number of nitrogens with one attached hydrogen (secondary N) is 2. The minimum Gasteiger partial charge on any atom is -0.349 e. The first-order valence-corrected chi connectivity index (χ1v) is 8.90. The number of hydrogen-bond acceptors (Lipinski definition) is 6. The normalized spacial score (nSPS) is 18.6. The quantitative estimate of drug-likeness (QED) is 0.736. The molecule has 140 valence electrons. The van der Waals surface area contributed by atoms with Gasteiger partial charge in [0.15, 0.2) is 0 Å². The van der Waals surface area contributed by atoms with Crippen molar-refractivity contribution < 1.29 is 23.6 Å². The van der Waals surface area contributed by atoms with E-state index >= 15 is 0 Å². The second-order valence-electron chi connectivity index (χ2n) is 5.73. The van der Waals surface area contributed by atoms with Crippen LogP contribution in [0, 0.1) is 5.82 Å². The first-order valence-electron chi connectivity index (χ1n) is 8.08. The summed E-state index contributed by atoms with van der Waals surface area (Å²) in [5.41, 5.74) is 3.02. The molecule has 0 saturated carbocycles. The molecule has 2 aliphatic rings. The first-order chi connectivity index (χ1) is 12.9. The molecule has 8 nitrogen and oxygen atoms in total. The molecule has 1 fully saturated rings. The van der Waals surface area contributed by atoms with Crippen LogP contribution in [0.5, 0.6) is 0 Å². The van der Waals surface area contributed by atoms with Crippen molar-refractivity contribution in [2.45, 2.75) is 12.8 Å². The molecule has 0 atom stereocenters. The number of hydrazone groups is 1. The van der Waals surface area contributed by atoms with Crippen LogP contribution in [0.15, 0.2) is 34.3 Å². The van der Waals surface area contributed by atoms with Gasteiger partial charge in [-0.1, -0.05) is 12.1 Å². The second-order valence-corrected chi connectivity index (χ2v) is 6.73. The predicted octanol–water partition coefficient (Wildman–Crippen LogP) is 1.24. The van der Waals surface area contributed by atoms with Crippen LogP contribution in [0.3, 0.4) is 0 Å². The number of thioether (sulfide) groups is 1. The Kier molecular flexibility index (Phi) is 5.65. The summed E-state index contributed by atoms with van der Waals surface area (Å²) in [6.45, 7) is 0.0739. The lowest BCUT2D eigenvalue weighted by molar-refractivity contribution is -0.123. The van der Waals surface area contributed by atoms with E-state index in [1.54, 1.807) is 0 Å². The third-order valence-electron chi connectivity index (χ3n) is 3.83. The minimum atomic E-state index is -0.467. The number of hydrogen-bond donors (Lipinski definition) is 2. The standard InChI is InChI=1S/C17H15FN4O4S/c18-11-3-1-10(2-4-11)9-13-16(25)22(17(26)27-13)8-7-19-15(24)12-5-6-14(23)21-20-12/h1-4,9H,5-8H2,(H,19,24)(H,21,23). The highest BCUT2D eigenvalue weighted by molar-refractivity contribution is 8.18. The van der Waals surface area contributed by atoms with Gasteiger partial charge in [-0.2, -0.15) is 5.10 Å². The van der Waals surface area contributed by atoms with Gasteiger partial charge in [-0.3, -0.25) is 24.1 Å². The van der Waals surface area contributed by atoms with Crippen LogP contribution in [0.1, 0.15) is 18.4 Å². The van der Waals surface area contributed by atoms with Gasteiger partial charge in [0.2, 0.25) is 5.91 Å². The molecule has 0 aromatic heterocycles. The Bertz CT molecular complexity index is 866. The summed E-state index contributed by atoms with van der Waals surface area (Å²) in [4.78, 5) is 48.6. The summed E-state index contributed by atoms with van der Waals surface area (Å²) in [5.74, 6) is -1.56. The molecule has 0 unspecified atom stereocenters. The molecule has 0 aliphatic carbocycles. The minimum absolute atomic E-state index is 0.0107. The van der Waals surface area contributed by atoms with Crippen LogP contribution in [-0.2, 0) is 14.4 Å². The molecule has 4 amide bonds. The molecule has 27 heavy (non-hydrogen) atoms. The Hall–Kier alpha value is -3.01. The van der Waals surface area contributed by atoms with E-state index in [1.807, 2.05) is 0 Å². The Morgan fingerprint density at radius 1 is 1.26 bits per heavy atom. The number of rotatable bonds is 5. The lowest BCUT2D eigenvalue weighted by Crippen LogP contribution is -2.41. The van der Waals surface area contributed by atoms with E-state index in [2.05, 4.69) is 15.8 Å². The van der Waals surface area contributed by atoms with E-state index in [0.717, 1.165) is 16.7 Å². The summed E-state index contributed by atoms with van der Waals surface area (Å²) in [6.07, 6.45) is 1.94. The summed E-state index contributed by atoms with van der Waals surface area (Å²) in [5, 5.41) is 5.80. The topological polar surface area (TPSA) is 108 Å². The van der Waals surface area contributed by atoms with Crippen molar-refractivity contribution in [2.75, 3.05) is 13.1 Å². The lowest BCUT2D eigenvalue weighted by Gasteiger charge is -2.14. The van der Waals surface area contributed by atoms with Crippen LogP contribution in [-0.4, -0.2) is 46.7 Å². The van der Waals surface area contributed by atoms with Gasteiger partial charge in [0.05, 0.1) is 4.91 Å². The number of nitrogens with zero attached hydrogens (tertiary/aromatic N) is 2. The monoisotopic (exact) mass is 390 g/mol. The Balaban J connectivity index is 1.55. The molecule has 0 radical (unpaired) electrons. The van der Waals surface area contributed by atoms with Crippen LogP contribution in [0.4, 0.5) is 9.18 Å². The molecular weight excluding hydrogens is 375 g/mol. The van der Waals surface area contributed by atoms with Gasteiger partial charge in [0.25, 0.3) is 17.1 Å². The highest BCUT2D eigenvalue weighted by Gasteiger charge is 2.34. The van der Waals surface area contributed by atoms with Crippen molar-refractivity contribution in [3.63, 3.8) is 0 Å². The summed E-state index contributed by atoms with van der Waals surface area (Å²) >= 11 is 0.789. The number of imide groups is 1. The Morgan fingerprint density at radius 3 is 2.67 bits per heavy atom. The van der Waals surface area contributed by atoms with Crippen molar-refractivity contribution in [1.29, 1.82) is 0 Å². The van der Waals surface area contributed by atoms with Crippen LogP contribution in [0.25, 0.3) is 6.08 Å². The SMILES string of the molecule is O=C1CCC(C(=O)NCCN2C(=O)SC(=Cc3ccc(F)cc3)C2=O)=NN1. The van der Waals surface area contributed by atoms with E-state index in [4.69, 9.17) is 0 Å². The maximum absolute atomic E-state index is 12.9. The van der Waals surface area contributed by atoms with E-state index in [0.29, 0.717) is 5.56 Å². The molecule has 3 rings (SSSR count). The molecule has 1 aromatic carbocycles. The number of carbonyl (C=O) groups excluding carboxylic acids is 4. The third-order valence-corrected chi connectivity index (χ3v) is 4.74. The third kappa shape index (κ3) is 4.59. The summed E-state index contributed by atoms with van der Waals surface area (Å²) in [7, 11) is 0. The molecule has 2 N–H and O–H groups in total. The first kappa shape index (κ1) is 18.8. The fourth-order valence-electron chi connectivity index (χ4n) is 2.42. The largest absolute Gasteiger partial charge is 0.349 e. The predicted molar refractivity (Wildman–Crippen MR) is 96.9 cm³/mol. The number of benzene rings is 1. The maximum Gasteiger partial charge on any atom is 0.293 e. The van der Waals surface area contributed by atoms with Gasteiger partial charge in [0, 0.05) is 25.9 Å². The Morgan fingerprint density at radius 2 is 2.00 bits per heavy atom. The van der Waals surface area contributed by atoms with Gasteiger partial charge in [-0.05, 0) is 35.5 Å². The van der Waals surface area contributed by atoms with Gasteiger partial charge >= 0.3 is 0 Å². The highest BCUT2D eigenvalue weighted by Crippen LogP contribution is 2.31. The number of amides is 4. The molecular formula is C17H15FN4O4S. The van der Waals surface area contributed by atoms with E-state index in [9.17, 15) is 23.6 Å². The van der Waals surface area contributed by atoms with Crippen LogP contribution in [0.2, 0.25) is 0 Å². The zero-order chi connectivity index (χ0) is 19.4. The smallest absolute Gasteiger partial charge is 0.293 e. The maximum atomic E-state index is 12.9. The number of carbonyl (C=O) groups is 4. The average Bonchev–Trinajstić information content (AvgIpc) is 2.91. The van der Waals surface area contributed by atoms with E-state index < -0.39 is 22.9 Å². The van der Waals surface area contributed by atoms with Crippen molar-refractivity contribution in [3.05, 3.63) is 40.6 Å². The van der Waals surface area contributed by atoms with Gasteiger partial charge < -0.3 is 5.32 Å². The van der Waals surface area contributed by atoms with E-state index in [-0.39, 0.29) is 42.5 Å². The molecule has 2 aliphatic heterocycles. The molecule has 0 bridgehead atoms. The molecule has 1 saturated heterocycles. The van der Waals surface area contributed by atoms with Crippen molar-refractivity contribution >= 4 is 46.5 Å². The highest BCUT2D eigenvalue weighted by atomic mass is 32.2. The fraction of sp³-hybridized carbons (Fsp3) is 0.235. The van der Waals surface area contributed by atoms with Crippen molar-refractivity contribution in [2.24, 2.45) is 5.10 Å². The van der Waals surface area contributed by atoms with Crippen molar-refractivity contribution in [3.8, 4) is 0 Å². The fourth-order valence-corrected chi connectivity index (χ4v) is 3.29. The van der Waals surface area contributed by atoms with Crippen molar-refractivity contribution in [1.82, 2.24) is 15.6 Å².